The van der Waals surface area contributed by atoms with Crippen LogP contribution in [0.25, 0.3) is 0 Å². The maximum Gasteiger partial charge on any atom is 0.327 e. The first-order chi connectivity index (χ1) is 9.25. The third-order valence-electron chi connectivity index (χ3n) is 3.68. The highest BCUT2D eigenvalue weighted by molar-refractivity contribution is 7.90. The zero-order valence-corrected chi connectivity index (χ0v) is 13.6. The summed E-state index contributed by atoms with van der Waals surface area (Å²) >= 11 is 0. The second-order valence-electron chi connectivity index (χ2n) is 5.64. The van der Waals surface area contributed by atoms with E-state index >= 15 is 0 Å². The number of ether oxygens (including phenoxy) is 1. The second kappa shape index (κ2) is 6.87. The molecule has 0 aromatic carbocycles. The van der Waals surface area contributed by atoms with Crippen molar-refractivity contribution in [1.29, 1.82) is 0 Å². The molecule has 118 valence electrons. The van der Waals surface area contributed by atoms with E-state index in [1.165, 1.54) is 13.4 Å². The first kappa shape index (κ1) is 17.4. The van der Waals surface area contributed by atoms with Crippen molar-refractivity contribution in [3.05, 3.63) is 0 Å². The van der Waals surface area contributed by atoms with Gasteiger partial charge in [-0.05, 0) is 32.4 Å². The fourth-order valence-electron chi connectivity index (χ4n) is 2.53. The van der Waals surface area contributed by atoms with Crippen LogP contribution in [-0.2, 0) is 19.4 Å². The minimum atomic E-state index is -3.00. The molecule has 0 amide bonds. The third kappa shape index (κ3) is 4.71. The van der Waals surface area contributed by atoms with E-state index in [9.17, 15) is 13.2 Å². The first-order valence-corrected chi connectivity index (χ1v) is 9.01. The van der Waals surface area contributed by atoms with E-state index in [1.807, 2.05) is 18.9 Å². The lowest BCUT2D eigenvalue weighted by atomic mass is 9.92. The number of nitrogens with one attached hydrogen (secondary N) is 1. The van der Waals surface area contributed by atoms with Gasteiger partial charge in [-0.15, -0.1) is 0 Å². The zero-order chi connectivity index (χ0) is 15.4. The topological polar surface area (TPSA) is 75.7 Å². The summed E-state index contributed by atoms with van der Waals surface area (Å²) in [5.74, 6) is 0.112. The quantitative estimate of drug-likeness (QED) is 0.599. The van der Waals surface area contributed by atoms with Gasteiger partial charge in [0, 0.05) is 19.3 Å². The fourth-order valence-corrected chi connectivity index (χ4v) is 3.18. The Bertz CT molecular complexity index is 434. The zero-order valence-electron chi connectivity index (χ0n) is 12.8. The summed E-state index contributed by atoms with van der Waals surface area (Å²) in [6.07, 6.45) is 3.23. The van der Waals surface area contributed by atoms with Gasteiger partial charge in [-0.3, -0.25) is 0 Å². The minimum absolute atomic E-state index is 0.0948. The first-order valence-electron chi connectivity index (χ1n) is 6.95. The molecule has 1 atom stereocenters. The maximum atomic E-state index is 12.2. The van der Waals surface area contributed by atoms with Crippen LogP contribution in [0, 0.1) is 5.92 Å². The van der Waals surface area contributed by atoms with Crippen LogP contribution in [-0.4, -0.2) is 70.6 Å². The molecule has 1 unspecified atom stereocenters. The van der Waals surface area contributed by atoms with Crippen LogP contribution in [0.3, 0.4) is 0 Å². The van der Waals surface area contributed by atoms with Gasteiger partial charge in [0.15, 0.2) is 0 Å². The summed E-state index contributed by atoms with van der Waals surface area (Å²) in [4.78, 5) is 14.1. The molecule has 7 heteroatoms. The molecule has 1 rings (SSSR count). The van der Waals surface area contributed by atoms with Crippen LogP contribution in [0.2, 0.25) is 0 Å². The van der Waals surface area contributed by atoms with E-state index in [-0.39, 0.29) is 17.6 Å². The molecule has 0 heterocycles. The Kier molecular flexibility index (Phi) is 5.97. The lowest BCUT2D eigenvalue weighted by Gasteiger charge is -2.35. The van der Waals surface area contributed by atoms with Crippen LogP contribution in [0.4, 0.5) is 0 Å². The molecule has 6 nitrogen and oxygen atoms in total. The van der Waals surface area contributed by atoms with Crippen molar-refractivity contribution in [3.8, 4) is 0 Å². The lowest BCUT2D eigenvalue weighted by molar-refractivity contribution is -0.150. The number of nitrogens with zero attached hydrogens (tertiary/aromatic N) is 1. The monoisotopic (exact) mass is 306 g/mol. The SMILES string of the molecule is CCNC(CN(C)CCS(C)(=O)=O)(C(=O)OC)C1CC1. The molecule has 20 heavy (non-hydrogen) atoms. The molecule has 0 saturated heterocycles. The number of rotatable bonds is 9. The van der Waals surface area contributed by atoms with Crippen molar-refractivity contribution >= 4 is 15.8 Å². The van der Waals surface area contributed by atoms with E-state index in [4.69, 9.17) is 4.74 Å². The van der Waals surface area contributed by atoms with E-state index in [0.29, 0.717) is 19.6 Å². The number of esters is 1. The van der Waals surface area contributed by atoms with Gasteiger partial charge in [-0.1, -0.05) is 6.92 Å². The normalized spacial score (nSPS) is 18.9. The molecular weight excluding hydrogens is 280 g/mol. The number of sulfone groups is 1. The Morgan fingerprint density at radius 2 is 2.05 bits per heavy atom. The lowest BCUT2D eigenvalue weighted by Crippen LogP contribution is -2.61. The average Bonchev–Trinajstić information content (AvgIpc) is 3.18. The average molecular weight is 306 g/mol. The van der Waals surface area contributed by atoms with E-state index < -0.39 is 15.4 Å². The van der Waals surface area contributed by atoms with E-state index in [0.717, 1.165) is 12.8 Å². The van der Waals surface area contributed by atoms with Crippen LogP contribution in [0.5, 0.6) is 0 Å². The highest BCUT2D eigenvalue weighted by atomic mass is 32.2. The number of methoxy groups -OCH3 is 1. The van der Waals surface area contributed by atoms with Crippen molar-refractivity contribution in [3.63, 3.8) is 0 Å². The predicted molar refractivity (Wildman–Crippen MR) is 78.4 cm³/mol. The van der Waals surface area contributed by atoms with Gasteiger partial charge in [0.1, 0.15) is 15.4 Å². The van der Waals surface area contributed by atoms with Gasteiger partial charge >= 0.3 is 5.97 Å². The smallest absolute Gasteiger partial charge is 0.327 e. The molecule has 0 aromatic rings. The molecule has 1 saturated carbocycles. The molecule has 0 aromatic heterocycles. The van der Waals surface area contributed by atoms with Gasteiger partial charge in [0.05, 0.1) is 12.9 Å². The second-order valence-corrected chi connectivity index (χ2v) is 7.89. The Morgan fingerprint density at radius 3 is 2.45 bits per heavy atom. The van der Waals surface area contributed by atoms with Gasteiger partial charge in [-0.25, -0.2) is 13.2 Å². The van der Waals surface area contributed by atoms with E-state index in [1.54, 1.807) is 0 Å². The third-order valence-corrected chi connectivity index (χ3v) is 4.60. The summed E-state index contributed by atoms with van der Waals surface area (Å²) in [6, 6.07) is 0. The minimum Gasteiger partial charge on any atom is -0.468 e. The molecule has 0 radical (unpaired) electrons. The Labute approximate surface area is 121 Å². The van der Waals surface area contributed by atoms with Gasteiger partial charge < -0.3 is 15.0 Å². The number of likely N-dealkylation sites (N-methyl/N-ethyl adjacent to an activating group) is 2. The molecule has 0 bridgehead atoms. The largest absolute Gasteiger partial charge is 0.468 e. The van der Waals surface area contributed by atoms with E-state index in [2.05, 4.69) is 5.32 Å². The fraction of sp³-hybridized carbons (Fsp3) is 0.923. The summed E-state index contributed by atoms with van der Waals surface area (Å²) in [7, 11) is 0.236. The van der Waals surface area contributed by atoms with Crippen molar-refractivity contribution in [2.75, 3.05) is 45.8 Å². The maximum absolute atomic E-state index is 12.2. The molecule has 1 aliphatic rings. The summed E-state index contributed by atoms with van der Waals surface area (Å²) in [5, 5.41) is 3.27. The Balaban J connectivity index is 2.75. The van der Waals surface area contributed by atoms with Gasteiger partial charge in [0.2, 0.25) is 0 Å². The molecule has 1 N–H and O–H groups in total. The summed E-state index contributed by atoms with van der Waals surface area (Å²) in [6.45, 7) is 3.51. The Hall–Kier alpha value is -0.660. The van der Waals surface area contributed by atoms with Gasteiger partial charge in [0.25, 0.3) is 0 Å². The number of carbonyl (C=O) groups is 1. The predicted octanol–water partition coefficient (Wildman–Crippen LogP) is -0.106. The van der Waals surface area contributed by atoms with Gasteiger partial charge in [-0.2, -0.15) is 0 Å². The number of hydrogen-bond acceptors (Lipinski definition) is 6. The number of carbonyl (C=O) groups excluding carboxylic acids is 1. The van der Waals surface area contributed by atoms with Crippen LogP contribution in [0.15, 0.2) is 0 Å². The molecule has 0 spiro atoms. The summed E-state index contributed by atoms with van der Waals surface area (Å²) < 4.78 is 27.4. The number of hydrogen-bond donors (Lipinski definition) is 1. The molecule has 1 fully saturated rings. The standard InChI is InChI=1S/C13H26N2O4S/c1-5-14-13(11-6-7-11,12(16)19-3)10-15(2)8-9-20(4,17)18/h11,14H,5-10H2,1-4H3. The van der Waals surface area contributed by atoms with Crippen molar-refractivity contribution in [2.24, 2.45) is 5.92 Å². The van der Waals surface area contributed by atoms with Crippen molar-refractivity contribution < 1.29 is 17.9 Å². The molecule has 0 aliphatic heterocycles. The highest BCUT2D eigenvalue weighted by Crippen LogP contribution is 2.40. The molecular formula is C13H26N2O4S. The van der Waals surface area contributed by atoms with Crippen LogP contribution in [0.1, 0.15) is 19.8 Å². The molecule has 1 aliphatic carbocycles. The summed E-state index contributed by atoms with van der Waals surface area (Å²) in [5.41, 5.74) is -0.713. The van der Waals surface area contributed by atoms with Crippen LogP contribution < -0.4 is 5.32 Å². The van der Waals surface area contributed by atoms with Crippen LogP contribution >= 0.6 is 0 Å². The van der Waals surface area contributed by atoms with Crippen molar-refractivity contribution in [2.45, 2.75) is 25.3 Å². The van der Waals surface area contributed by atoms with Crippen molar-refractivity contribution in [1.82, 2.24) is 10.2 Å². The Morgan fingerprint density at radius 1 is 1.45 bits per heavy atom. The highest BCUT2D eigenvalue weighted by Gasteiger charge is 2.51.